The SMILES string of the molecule is CCN1CCC(CNCC(=O)Nc2ccccc2)CC1. The van der Waals surface area contributed by atoms with E-state index < -0.39 is 0 Å². The molecule has 1 aromatic carbocycles. The molecule has 0 radical (unpaired) electrons. The van der Waals surface area contributed by atoms with Crippen LogP contribution >= 0.6 is 0 Å². The summed E-state index contributed by atoms with van der Waals surface area (Å²) >= 11 is 0. The predicted octanol–water partition coefficient (Wildman–Crippen LogP) is 1.95. The third-order valence-electron chi connectivity index (χ3n) is 3.93. The Morgan fingerprint density at radius 3 is 2.60 bits per heavy atom. The van der Waals surface area contributed by atoms with Crippen LogP contribution < -0.4 is 10.6 Å². The van der Waals surface area contributed by atoms with Gasteiger partial charge < -0.3 is 15.5 Å². The summed E-state index contributed by atoms with van der Waals surface area (Å²) in [5, 5.41) is 6.16. The van der Waals surface area contributed by atoms with Crippen molar-refractivity contribution in [1.29, 1.82) is 0 Å². The quantitative estimate of drug-likeness (QED) is 0.834. The second-order valence-corrected chi connectivity index (χ2v) is 5.42. The molecule has 20 heavy (non-hydrogen) atoms. The average Bonchev–Trinajstić information content (AvgIpc) is 2.49. The molecule has 0 unspecified atom stereocenters. The molecule has 2 rings (SSSR count). The van der Waals surface area contributed by atoms with Crippen LogP contribution in [-0.4, -0.2) is 43.5 Å². The van der Waals surface area contributed by atoms with Gasteiger partial charge in [-0.15, -0.1) is 0 Å². The Bertz CT molecular complexity index is 399. The minimum absolute atomic E-state index is 0.0298. The van der Waals surface area contributed by atoms with Gasteiger partial charge in [0.15, 0.2) is 0 Å². The lowest BCUT2D eigenvalue weighted by atomic mass is 9.97. The van der Waals surface area contributed by atoms with Gasteiger partial charge in [0.2, 0.25) is 5.91 Å². The molecule has 1 aliphatic heterocycles. The second kappa shape index (κ2) is 8.02. The number of anilines is 1. The summed E-state index contributed by atoms with van der Waals surface area (Å²) in [6.45, 7) is 7.09. The van der Waals surface area contributed by atoms with Crippen molar-refractivity contribution in [3.05, 3.63) is 30.3 Å². The van der Waals surface area contributed by atoms with E-state index in [4.69, 9.17) is 0 Å². The van der Waals surface area contributed by atoms with E-state index in [1.165, 1.54) is 25.9 Å². The largest absolute Gasteiger partial charge is 0.325 e. The molecule has 0 aromatic heterocycles. The number of carbonyl (C=O) groups excluding carboxylic acids is 1. The Kier molecular flexibility index (Phi) is 6.02. The van der Waals surface area contributed by atoms with Crippen molar-refractivity contribution in [2.45, 2.75) is 19.8 Å². The summed E-state index contributed by atoms with van der Waals surface area (Å²) in [5.74, 6) is 0.740. The molecular weight excluding hydrogens is 250 g/mol. The number of likely N-dealkylation sites (tertiary alicyclic amines) is 1. The van der Waals surface area contributed by atoms with Gasteiger partial charge in [0.1, 0.15) is 0 Å². The first kappa shape index (κ1) is 15.0. The van der Waals surface area contributed by atoms with Crippen molar-refractivity contribution in [3.63, 3.8) is 0 Å². The van der Waals surface area contributed by atoms with Crippen LogP contribution in [0.5, 0.6) is 0 Å². The average molecular weight is 275 g/mol. The molecule has 0 saturated carbocycles. The van der Waals surface area contributed by atoms with Gasteiger partial charge >= 0.3 is 0 Å². The Morgan fingerprint density at radius 1 is 1.25 bits per heavy atom. The zero-order chi connectivity index (χ0) is 14.2. The smallest absolute Gasteiger partial charge is 0.238 e. The van der Waals surface area contributed by atoms with E-state index in [1.807, 2.05) is 30.3 Å². The first-order chi connectivity index (χ1) is 9.78. The third kappa shape index (κ3) is 4.94. The van der Waals surface area contributed by atoms with Gasteiger partial charge in [-0.25, -0.2) is 0 Å². The number of para-hydroxylation sites is 1. The second-order valence-electron chi connectivity index (χ2n) is 5.42. The molecule has 0 atom stereocenters. The van der Waals surface area contributed by atoms with E-state index >= 15 is 0 Å². The monoisotopic (exact) mass is 275 g/mol. The predicted molar refractivity (Wildman–Crippen MR) is 82.8 cm³/mol. The number of benzene rings is 1. The molecule has 1 saturated heterocycles. The van der Waals surface area contributed by atoms with Crippen molar-refractivity contribution in [2.24, 2.45) is 5.92 Å². The Hall–Kier alpha value is -1.39. The molecule has 110 valence electrons. The zero-order valence-electron chi connectivity index (χ0n) is 12.3. The first-order valence-corrected chi connectivity index (χ1v) is 7.56. The third-order valence-corrected chi connectivity index (χ3v) is 3.93. The van der Waals surface area contributed by atoms with Gasteiger partial charge in [0, 0.05) is 5.69 Å². The molecule has 0 bridgehead atoms. The van der Waals surface area contributed by atoms with Gasteiger partial charge in [0.05, 0.1) is 6.54 Å². The normalized spacial score (nSPS) is 17.1. The Balaban J connectivity index is 1.60. The van der Waals surface area contributed by atoms with E-state index in [2.05, 4.69) is 22.5 Å². The van der Waals surface area contributed by atoms with Gasteiger partial charge in [-0.3, -0.25) is 4.79 Å². The molecule has 1 aliphatic rings. The first-order valence-electron chi connectivity index (χ1n) is 7.56. The summed E-state index contributed by atoms with van der Waals surface area (Å²) in [4.78, 5) is 14.3. The molecule has 1 heterocycles. The zero-order valence-corrected chi connectivity index (χ0v) is 12.3. The number of amides is 1. The molecule has 1 amide bonds. The highest BCUT2D eigenvalue weighted by atomic mass is 16.1. The number of rotatable bonds is 6. The number of nitrogens with zero attached hydrogens (tertiary/aromatic N) is 1. The van der Waals surface area contributed by atoms with E-state index in [0.717, 1.165) is 18.8 Å². The number of hydrogen-bond donors (Lipinski definition) is 2. The molecular formula is C16H25N3O. The minimum Gasteiger partial charge on any atom is -0.325 e. The Labute approximate surface area is 121 Å². The summed E-state index contributed by atoms with van der Waals surface area (Å²) < 4.78 is 0. The highest BCUT2D eigenvalue weighted by molar-refractivity contribution is 5.92. The molecule has 4 heteroatoms. The maximum Gasteiger partial charge on any atom is 0.238 e. The van der Waals surface area contributed by atoms with Crippen molar-refractivity contribution >= 4 is 11.6 Å². The maximum atomic E-state index is 11.8. The highest BCUT2D eigenvalue weighted by Gasteiger charge is 2.17. The van der Waals surface area contributed by atoms with E-state index in [-0.39, 0.29) is 5.91 Å². The number of nitrogens with one attached hydrogen (secondary N) is 2. The fraction of sp³-hybridized carbons (Fsp3) is 0.562. The van der Waals surface area contributed by atoms with Crippen molar-refractivity contribution in [2.75, 3.05) is 38.0 Å². The van der Waals surface area contributed by atoms with Crippen LogP contribution in [0.4, 0.5) is 5.69 Å². The maximum absolute atomic E-state index is 11.8. The van der Waals surface area contributed by atoms with E-state index in [9.17, 15) is 4.79 Å². The molecule has 1 aromatic rings. The number of hydrogen-bond acceptors (Lipinski definition) is 3. The summed E-state index contributed by atoms with van der Waals surface area (Å²) in [6.07, 6.45) is 2.47. The van der Waals surface area contributed by atoms with Crippen molar-refractivity contribution in [1.82, 2.24) is 10.2 Å². The van der Waals surface area contributed by atoms with Gasteiger partial charge in [0.25, 0.3) is 0 Å². The molecule has 1 fully saturated rings. The van der Waals surface area contributed by atoms with Crippen LogP contribution in [-0.2, 0) is 4.79 Å². The van der Waals surface area contributed by atoms with Crippen LogP contribution in [0.1, 0.15) is 19.8 Å². The summed E-state index contributed by atoms with van der Waals surface area (Å²) in [7, 11) is 0. The highest BCUT2D eigenvalue weighted by Crippen LogP contribution is 2.15. The Morgan fingerprint density at radius 2 is 1.95 bits per heavy atom. The van der Waals surface area contributed by atoms with Crippen LogP contribution in [0.2, 0.25) is 0 Å². The van der Waals surface area contributed by atoms with E-state index in [1.54, 1.807) is 0 Å². The number of carbonyl (C=O) groups is 1. The van der Waals surface area contributed by atoms with E-state index in [0.29, 0.717) is 12.5 Å². The lowest BCUT2D eigenvalue weighted by Gasteiger charge is -2.31. The fourth-order valence-corrected chi connectivity index (χ4v) is 2.62. The number of piperidine rings is 1. The fourth-order valence-electron chi connectivity index (χ4n) is 2.62. The van der Waals surface area contributed by atoms with Crippen molar-refractivity contribution in [3.8, 4) is 0 Å². The standard InChI is InChI=1S/C16H25N3O/c1-2-19-10-8-14(9-11-19)12-17-13-16(20)18-15-6-4-3-5-7-15/h3-7,14,17H,2,8-13H2,1H3,(H,18,20). The minimum atomic E-state index is 0.0298. The van der Waals surface area contributed by atoms with Crippen LogP contribution in [0.15, 0.2) is 30.3 Å². The van der Waals surface area contributed by atoms with Gasteiger partial charge in [-0.1, -0.05) is 25.1 Å². The van der Waals surface area contributed by atoms with Gasteiger partial charge in [-0.05, 0) is 57.1 Å². The van der Waals surface area contributed by atoms with Crippen molar-refractivity contribution < 1.29 is 4.79 Å². The molecule has 4 nitrogen and oxygen atoms in total. The van der Waals surface area contributed by atoms with Gasteiger partial charge in [-0.2, -0.15) is 0 Å². The molecule has 0 aliphatic carbocycles. The topological polar surface area (TPSA) is 44.4 Å². The van der Waals surface area contributed by atoms with Crippen LogP contribution in [0.3, 0.4) is 0 Å². The summed E-state index contributed by atoms with van der Waals surface area (Å²) in [5.41, 5.74) is 0.857. The molecule has 0 spiro atoms. The van der Waals surface area contributed by atoms with Crippen LogP contribution in [0, 0.1) is 5.92 Å². The lowest BCUT2D eigenvalue weighted by molar-refractivity contribution is -0.115. The summed E-state index contributed by atoms with van der Waals surface area (Å²) in [6, 6.07) is 9.59. The lowest BCUT2D eigenvalue weighted by Crippen LogP contribution is -2.38. The van der Waals surface area contributed by atoms with Crippen LogP contribution in [0.25, 0.3) is 0 Å². The molecule has 2 N–H and O–H groups in total.